The van der Waals surface area contributed by atoms with Crippen molar-refractivity contribution in [3.8, 4) is 17.0 Å². The minimum absolute atomic E-state index is 0.292. The summed E-state index contributed by atoms with van der Waals surface area (Å²) in [6.45, 7) is 4.47. The van der Waals surface area contributed by atoms with E-state index < -0.39 is 9.84 Å². The molecule has 9 heteroatoms. The van der Waals surface area contributed by atoms with Crippen molar-refractivity contribution in [1.82, 2.24) is 15.0 Å². The van der Waals surface area contributed by atoms with Crippen LogP contribution in [0.5, 0.6) is 5.75 Å². The number of benzene rings is 1. The molecule has 1 saturated heterocycles. The van der Waals surface area contributed by atoms with E-state index >= 15 is 0 Å². The topological polar surface area (TPSA) is 85.3 Å². The van der Waals surface area contributed by atoms with E-state index in [4.69, 9.17) is 16.3 Å². The molecule has 4 rings (SSSR count). The molecule has 1 aromatic carbocycles. The average molecular weight is 459 g/mol. The maximum atomic E-state index is 11.6. The van der Waals surface area contributed by atoms with Crippen LogP contribution in [0.4, 0.5) is 5.95 Å². The zero-order chi connectivity index (χ0) is 22.0. The Balaban J connectivity index is 1.35. The van der Waals surface area contributed by atoms with Gasteiger partial charge in [0.05, 0.1) is 40.8 Å². The minimum atomic E-state index is -3.21. The second-order valence-corrected chi connectivity index (χ2v) is 10.3. The van der Waals surface area contributed by atoms with Gasteiger partial charge in [-0.15, -0.1) is 0 Å². The van der Waals surface area contributed by atoms with E-state index in [1.807, 2.05) is 12.1 Å². The van der Waals surface area contributed by atoms with Crippen molar-refractivity contribution >= 4 is 27.4 Å². The molecular formula is C22H23ClN4O3S. The zero-order valence-electron chi connectivity index (χ0n) is 17.3. The maximum Gasteiger partial charge on any atom is 0.225 e. The monoisotopic (exact) mass is 458 g/mol. The van der Waals surface area contributed by atoms with Crippen molar-refractivity contribution < 1.29 is 13.2 Å². The number of aromatic nitrogens is 3. The van der Waals surface area contributed by atoms with E-state index in [0.717, 1.165) is 24.3 Å². The second kappa shape index (κ2) is 8.80. The van der Waals surface area contributed by atoms with Gasteiger partial charge in [-0.3, -0.25) is 4.98 Å². The first-order valence-corrected chi connectivity index (χ1v) is 12.2. The molecule has 3 heterocycles. The Morgan fingerprint density at radius 3 is 2.35 bits per heavy atom. The van der Waals surface area contributed by atoms with Crippen LogP contribution in [0.2, 0.25) is 5.02 Å². The predicted molar refractivity (Wildman–Crippen MR) is 120 cm³/mol. The van der Waals surface area contributed by atoms with Crippen molar-refractivity contribution in [2.75, 3.05) is 30.9 Å². The van der Waals surface area contributed by atoms with E-state index in [2.05, 4.69) is 26.8 Å². The first-order valence-electron chi connectivity index (χ1n) is 9.91. The molecule has 0 aliphatic carbocycles. The molecular weight excluding hydrogens is 436 g/mol. The van der Waals surface area contributed by atoms with Crippen LogP contribution in [0.1, 0.15) is 6.92 Å². The normalized spacial score (nSPS) is 18.9. The number of nitrogens with zero attached hydrogens (tertiary/aromatic N) is 4. The Hall–Kier alpha value is -2.71. The molecule has 1 aliphatic heterocycles. The van der Waals surface area contributed by atoms with Crippen molar-refractivity contribution in [3.05, 3.63) is 60.0 Å². The smallest absolute Gasteiger partial charge is 0.225 e. The largest absolute Gasteiger partial charge is 0.492 e. The summed E-state index contributed by atoms with van der Waals surface area (Å²) in [6, 6.07) is 10.5. The van der Waals surface area contributed by atoms with Gasteiger partial charge in [-0.1, -0.05) is 30.7 Å². The van der Waals surface area contributed by atoms with Crippen molar-refractivity contribution in [2.24, 2.45) is 11.8 Å². The number of sulfone groups is 1. The summed E-state index contributed by atoms with van der Waals surface area (Å²) in [5.41, 5.74) is 1.61. The molecule has 7 nitrogen and oxygen atoms in total. The molecule has 0 amide bonds. The number of ether oxygens (including phenoxy) is 1. The van der Waals surface area contributed by atoms with Gasteiger partial charge < -0.3 is 9.64 Å². The molecule has 2 atom stereocenters. The van der Waals surface area contributed by atoms with Crippen molar-refractivity contribution in [2.45, 2.75) is 11.8 Å². The van der Waals surface area contributed by atoms with Gasteiger partial charge in [0, 0.05) is 30.8 Å². The van der Waals surface area contributed by atoms with Gasteiger partial charge in [-0.2, -0.15) is 0 Å². The van der Waals surface area contributed by atoms with Gasteiger partial charge in [0.2, 0.25) is 5.95 Å². The summed E-state index contributed by atoms with van der Waals surface area (Å²) >= 11 is 5.87. The molecule has 0 N–H and O–H groups in total. The van der Waals surface area contributed by atoms with E-state index in [-0.39, 0.29) is 0 Å². The van der Waals surface area contributed by atoms with Crippen LogP contribution < -0.4 is 9.64 Å². The Labute approximate surface area is 187 Å². The van der Waals surface area contributed by atoms with Gasteiger partial charge in [0.1, 0.15) is 5.75 Å². The molecule has 0 spiro atoms. The first kappa shape index (κ1) is 21.5. The molecule has 2 aromatic heterocycles. The van der Waals surface area contributed by atoms with Gasteiger partial charge in [0.15, 0.2) is 9.84 Å². The Morgan fingerprint density at radius 1 is 1.03 bits per heavy atom. The summed E-state index contributed by atoms with van der Waals surface area (Å²) in [4.78, 5) is 15.5. The standard InChI is InChI=1S/C22H23ClN4O3S/c1-15-12-27(22-25-9-18(23)10-26-22)13-17(15)14-30-19-5-8-21(24-11-19)16-3-6-20(7-4-16)31(2,28)29/h3-11,15,17H,12-14H2,1-2H3/t15-,17-/m0/s1. The van der Waals surface area contributed by atoms with Crippen LogP contribution in [0, 0.1) is 11.8 Å². The average Bonchev–Trinajstić information content (AvgIpc) is 3.13. The molecule has 0 saturated carbocycles. The highest BCUT2D eigenvalue weighted by Gasteiger charge is 2.31. The highest BCUT2D eigenvalue weighted by molar-refractivity contribution is 7.90. The molecule has 162 valence electrons. The lowest BCUT2D eigenvalue weighted by molar-refractivity contribution is 0.232. The minimum Gasteiger partial charge on any atom is -0.492 e. The second-order valence-electron chi connectivity index (χ2n) is 7.83. The number of pyridine rings is 1. The lowest BCUT2D eigenvalue weighted by atomic mass is 9.99. The molecule has 3 aromatic rings. The highest BCUT2D eigenvalue weighted by atomic mass is 35.5. The maximum absolute atomic E-state index is 11.6. The summed E-state index contributed by atoms with van der Waals surface area (Å²) in [5.74, 6) is 2.18. The quantitative estimate of drug-likeness (QED) is 0.556. The third-order valence-corrected chi connectivity index (χ3v) is 6.76. The van der Waals surface area contributed by atoms with E-state index in [0.29, 0.717) is 40.1 Å². The third-order valence-electron chi connectivity index (χ3n) is 5.44. The predicted octanol–water partition coefficient (Wildman–Crippen LogP) is 3.75. The number of hydrogen-bond donors (Lipinski definition) is 0. The number of hydrogen-bond acceptors (Lipinski definition) is 7. The van der Waals surface area contributed by atoms with Crippen LogP contribution in [0.25, 0.3) is 11.3 Å². The Bertz CT molecular complexity index is 1140. The van der Waals surface area contributed by atoms with Crippen LogP contribution >= 0.6 is 11.6 Å². The zero-order valence-corrected chi connectivity index (χ0v) is 18.8. The number of halogens is 1. The highest BCUT2D eigenvalue weighted by Crippen LogP contribution is 2.27. The summed E-state index contributed by atoms with van der Waals surface area (Å²) < 4.78 is 29.2. The Kier molecular flexibility index (Phi) is 6.11. The lowest BCUT2D eigenvalue weighted by Gasteiger charge is -2.16. The Morgan fingerprint density at radius 2 is 1.74 bits per heavy atom. The van der Waals surface area contributed by atoms with E-state index in [1.54, 1.807) is 42.9 Å². The first-order chi connectivity index (χ1) is 14.8. The van der Waals surface area contributed by atoms with E-state index in [9.17, 15) is 8.42 Å². The fourth-order valence-corrected chi connectivity index (χ4v) is 4.32. The third kappa shape index (κ3) is 5.14. The SMILES string of the molecule is C[C@H]1CN(c2ncc(Cl)cn2)C[C@H]1COc1ccc(-c2ccc(S(C)(=O)=O)cc2)nc1. The lowest BCUT2D eigenvalue weighted by Crippen LogP contribution is -2.23. The summed E-state index contributed by atoms with van der Waals surface area (Å²) in [7, 11) is -3.21. The van der Waals surface area contributed by atoms with Crippen LogP contribution in [0.15, 0.2) is 59.9 Å². The van der Waals surface area contributed by atoms with Gasteiger partial charge in [-0.25, -0.2) is 18.4 Å². The van der Waals surface area contributed by atoms with Gasteiger partial charge >= 0.3 is 0 Å². The van der Waals surface area contributed by atoms with Crippen molar-refractivity contribution in [1.29, 1.82) is 0 Å². The molecule has 1 aliphatic rings. The number of anilines is 1. The van der Waals surface area contributed by atoms with Crippen LogP contribution in [0.3, 0.4) is 0 Å². The fourth-order valence-electron chi connectivity index (χ4n) is 3.60. The van der Waals surface area contributed by atoms with Crippen LogP contribution in [-0.4, -0.2) is 49.3 Å². The van der Waals surface area contributed by atoms with Gasteiger partial charge in [-0.05, 0) is 30.2 Å². The van der Waals surface area contributed by atoms with E-state index in [1.165, 1.54) is 6.26 Å². The van der Waals surface area contributed by atoms with Crippen LogP contribution in [-0.2, 0) is 9.84 Å². The fraction of sp³-hybridized carbons (Fsp3) is 0.318. The molecule has 31 heavy (non-hydrogen) atoms. The van der Waals surface area contributed by atoms with Gasteiger partial charge in [0.25, 0.3) is 0 Å². The van der Waals surface area contributed by atoms with Crippen molar-refractivity contribution in [3.63, 3.8) is 0 Å². The molecule has 0 unspecified atom stereocenters. The molecule has 0 radical (unpaired) electrons. The number of rotatable bonds is 6. The molecule has 1 fully saturated rings. The summed E-state index contributed by atoms with van der Waals surface area (Å²) in [5, 5.41) is 0.526. The summed E-state index contributed by atoms with van der Waals surface area (Å²) in [6.07, 6.45) is 6.11. The molecule has 0 bridgehead atoms.